The molecule has 0 aliphatic rings. The summed E-state index contributed by atoms with van der Waals surface area (Å²) in [6.07, 6.45) is 0. The van der Waals surface area contributed by atoms with Crippen molar-refractivity contribution in [1.29, 1.82) is 0 Å². The summed E-state index contributed by atoms with van der Waals surface area (Å²) in [5, 5.41) is 8.84. The summed E-state index contributed by atoms with van der Waals surface area (Å²) >= 11 is 1.81. The van der Waals surface area contributed by atoms with Crippen LogP contribution in [0.4, 0.5) is 0 Å². The van der Waals surface area contributed by atoms with E-state index in [-0.39, 0.29) is 0 Å². The highest BCUT2D eigenvalue weighted by molar-refractivity contribution is 7.99. The lowest BCUT2D eigenvalue weighted by atomic mass is 10.0. The van der Waals surface area contributed by atoms with Gasteiger partial charge < -0.3 is 5.11 Å². The topological polar surface area (TPSA) is 37.3 Å². The molecule has 0 radical (unpaired) electrons. The van der Waals surface area contributed by atoms with Crippen molar-refractivity contribution < 1.29 is 9.90 Å². The van der Waals surface area contributed by atoms with Crippen molar-refractivity contribution in [3.63, 3.8) is 0 Å². The van der Waals surface area contributed by atoms with E-state index in [4.69, 9.17) is 5.11 Å². The Kier molecular flexibility index (Phi) is 4.05. The summed E-state index contributed by atoms with van der Waals surface area (Å²) in [5.74, 6) is 0.170. The molecule has 0 aliphatic carbocycles. The Balaban J connectivity index is 2.23. The Morgan fingerprint density at radius 1 is 1.00 bits per heavy atom. The summed E-state index contributed by atoms with van der Waals surface area (Å²) in [7, 11) is 0. The largest absolute Gasteiger partial charge is 0.478 e. The third-order valence-electron chi connectivity index (χ3n) is 2.63. The van der Waals surface area contributed by atoms with Crippen molar-refractivity contribution in [1.82, 2.24) is 0 Å². The minimum Gasteiger partial charge on any atom is -0.478 e. The highest BCUT2D eigenvalue weighted by atomic mass is 32.2. The van der Waals surface area contributed by atoms with Gasteiger partial charge in [-0.3, -0.25) is 0 Å². The molecule has 0 aliphatic heterocycles. The number of carboxylic acids is 1. The third kappa shape index (κ3) is 2.93. The van der Waals surface area contributed by atoms with E-state index in [9.17, 15) is 4.79 Å². The number of benzene rings is 2. The van der Waals surface area contributed by atoms with E-state index in [1.165, 1.54) is 4.90 Å². The first-order valence-electron chi connectivity index (χ1n) is 5.77. The second-order valence-electron chi connectivity index (χ2n) is 3.84. The molecule has 2 aromatic rings. The molecule has 0 heterocycles. The second-order valence-corrected chi connectivity index (χ2v) is 5.18. The molecule has 3 heteroatoms. The predicted octanol–water partition coefficient (Wildman–Crippen LogP) is 4.16. The Labute approximate surface area is 111 Å². The molecule has 0 bridgehead atoms. The zero-order chi connectivity index (χ0) is 13.0. The number of carbonyl (C=O) groups is 1. The average Bonchev–Trinajstić information content (AvgIpc) is 2.40. The monoisotopic (exact) mass is 258 g/mol. The highest BCUT2D eigenvalue weighted by Gasteiger charge is 2.03. The summed E-state index contributed by atoms with van der Waals surface area (Å²) in [4.78, 5) is 12.0. The molecule has 0 saturated carbocycles. The van der Waals surface area contributed by atoms with Gasteiger partial charge in [-0.1, -0.05) is 31.2 Å². The average molecular weight is 258 g/mol. The molecule has 0 saturated heterocycles. The second kappa shape index (κ2) is 5.74. The standard InChI is InChI=1S/C15H14O2S/c1-2-18-14-9-7-12(8-10-14)11-3-5-13(6-4-11)15(16)17/h3-10H,2H2,1H3,(H,16,17). The predicted molar refractivity (Wildman–Crippen MR) is 75.2 cm³/mol. The molecule has 92 valence electrons. The smallest absolute Gasteiger partial charge is 0.335 e. The molecular formula is C15H14O2S. The Morgan fingerprint density at radius 3 is 1.94 bits per heavy atom. The van der Waals surface area contributed by atoms with Gasteiger partial charge in [0.25, 0.3) is 0 Å². The Morgan fingerprint density at radius 2 is 1.50 bits per heavy atom. The number of rotatable bonds is 4. The van der Waals surface area contributed by atoms with Crippen LogP contribution in [0, 0.1) is 0 Å². The fraction of sp³-hybridized carbons (Fsp3) is 0.133. The zero-order valence-corrected chi connectivity index (χ0v) is 10.9. The fourth-order valence-corrected chi connectivity index (χ4v) is 2.38. The molecule has 0 unspecified atom stereocenters. The number of hydrogen-bond acceptors (Lipinski definition) is 2. The van der Waals surface area contributed by atoms with Crippen LogP contribution in [0.1, 0.15) is 17.3 Å². The van der Waals surface area contributed by atoms with Gasteiger partial charge in [0.2, 0.25) is 0 Å². The number of hydrogen-bond donors (Lipinski definition) is 1. The van der Waals surface area contributed by atoms with E-state index in [1.807, 2.05) is 23.9 Å². The van der Waals surface area contributed by atoms with Crippen molar-refractivity contribution >= 4 is 17.7 Å². The van der Waals surface area contributed by atoms with E-state index < -0.39 is 5.97 Å². The van der Waals surface area contributed by atoms with Gasteiger partial charge >= 0.3 is 5.97 Å². The maximum absolute atomic E-state index is 10.8. The first-order valence-corrected chi connectivity index (χ1v) is 6.76. The van der Waals surface area contributed by atoms with Crippen LogP contribution in [0.2, 0.25) is 0 Å². The van der Waals surface area contributed by atoms with Crippen LogP contribution in [0.5, 0.6) is 0 Å². The molecule has 0 fully saturated rings. The molecule has 0 spiro atoms. The van der Waals surface area contributed by atoms with E-state index in [2.05, 4.69) is 31.2 Å². The lowest BCUT2D eigenvalue weighted by Gasteiger charge is -2.04. The van der Waals surface area contributed by atoms with Crippen molar-refractivity contribution in [3.05, 3.63) is 54.1 Å². The van der Waals surface area contributed by atoms with Crippen LogP contribution in [0.15, 0.2) is 53.4 Å². The van der Waals surface area contributed by atoms with Gasteiger partial charge in [-0.05, 0) is 41.1 Å². The van der Waals surface area contributed by atoms with Gasteiger partial charge in [-0.2, -0.15) is 0 Å². The fourth-order valence-electron chi connectivity index (χ4n) is 1.72. The molecular weight excluding hydrogens is 244 g/mol. The van der Waals surface area contributed by atoms with E-state index in [0.717, 1.165) is 16.9 Å². The minimum absolute atomic E-state index is 0.317. The van der Waals surface area contributed by atoms with Crippen molar-refractivity contribution in [2.45, 2.75) is 11.8 Å². The quantitative estimate of drug-likeness (QED) is 0.836. The van der Waals surface area contributed by atoms with Crippen LogP contribution in [-0.2, 0) is 0 Å². The maximum atomic E-state index is 10.8. The van der Waals surface area contributed by atoms with Crippen LogP contribution in [0.3, 0.4) is 0 Å². The molecule has 18 heavy (non-hydrogen) atoms. The Hall–Kier alpha value is -1.74. The van der Waals surface area contributed by atoms with Gasteiger partial charge in [-0.15, -0.1) is 11.8 Å². The van der Waals surface area contributed by atoms with Crippen LogP contribution in [0.25, 0.3) is 11.1 Å². The van der Waals surface area contributed by atoms with Crippen molar-refractivity contribution in [2.24, 2.45) is 0 Å². The van der Waals surface area contributed by atoms with E-state index >= 15 is 0 Å². The molecule has 0 aromatic heterocycles. The highest BCUT2D eigenvalue weighted by Crippen LogP contribution is 2.24. The third-order valence-corrected chi connectivity index (χ3v) is 3.52. The molecule has 0 atom stereocenters. The normalized spacial score (nSPS) is 10.3. The summed E-state index contributed by atoms with van der Waals surface area (Å²) in [6.45, 7) is 2.13. The minimum atomic E-state index is -0.892. The lowest BCUT2D eigenvalue weighted by Crippen LogP contribution is -1.94. The number of thioether (sulfide) groups is 1. The van der Waals surface area contributed by atoms with Crippen molar-refractivity contribution in [2.75, 3.05) is 5.75 Å². The van der Waals surface area contributed by atoms with Crippen molar-refractivity contribution in [3.8, 4) is 11.1 Å². The van der Waals surface area contributed by atoms with Gasteiger partial charge in [0.15, 0.2) is 0 Å². The van der Waals surface area contributed by atoms with Gasteiger partial charge in [-0.25, -0.2) is 4.79 Å². The summed E-state index contributed by atoms with van der Waals surface area (Å²) < 4.78 is 0. The molecule has 2 rings (SSSR count). The summed E-state index contributed by atoms with van der Waals surface area (Å²) in [6, 6.07) is 15.3. The van der Waals surface area contributed by atoms with Crippen LogP contribution < -0.4 is 0 Å². The Bertz CT molecular complexity index is 529. The number of carboxylic acid groups (broad SMARTS) is 1. The maximum Gasteiger partial charge on any atom is 0.335 e. The van der Waals surface area contributed by atoms with Crippen LogP contribution >= 0.6 is 11.8 Å². The zero-order valence-electron chi connectivity index (χ0n) is 10.1. The molecule has 0 amide bonds. The summed E-state index contributed by atoms with van der Waals surface area (Å²) in [5.41, 5.74) is 2.46. The number of aromatic carboxylic acids is 1. The lowest BCUT2D eigenvalue weighted by molar-refractivity contribution is 0.0697. The van der Waals surface area contributed by atoms with Gasteiger partial charge in [0.05, 0.1) is 5.56 Å². The van der Waals surface area contributed by atoms with Gasteiger partial charge in [0.1, 0.15) is 0 Å². The van der Waals surface area contributed by atoms with E-state index in [1.54, 1.807) is 12.1 Å². The first-order chi connectivity index (χ1) is 8.70. The first kappa shape index (κ1) is 12.7. The van der Waals surface area contributed by atoms with E-state index in [0.29, 0.717) is 5.56 Å². The SMILES string of the molecule is CCSc1ccc(-c2ccc(C(=O)O)cc2)cc1. The molecule has 2 aromatic carbocycles. The van der Waals surface area contributed by atoms with Gasteiger partial charge in [0, 0.05) is 4.90 Å². The van der Waals surface area contributed by atoms with Crippen LogP contribution in [-0.4, -0.2) is 16.8 Å². The molecule has 2 nitrogen and oxygen atoms in total. The molecule has 1 N–H and O–H groups in total.